The molecule has 1 saturated heterocycles. The fraction of sp³-hybridized carbons (Fsp3) is 0.240. The number of hydrogen-bond donors (Lipinski definition) is 1. The summed E-state index contributed by atoms with van der Waals surface area (Å²) in [5, 5.41) is 7.94. The first-order valence-electron chi connectivity index (χ1n) is 11.3. The molecule has 36 heavy (non-hydrogen) atoms. The van der Waals surface area contributed by atoms with E-state index in [-0.39, 0.29) is 42.1 Å². The molecular formula is C25H21F4N4O2P. The number of nitrogens with one attached hydrogen (secondary N) is 1. The number of pyridine rings is 1. The van der Waals surface area contributed by atoms with Gasteiger partial charge in [0.15, 0.2) is 0 Å². The number of aromatic amines is 1. The minimum Gasteiger partial charge on any atom is -0.356 e. The molecule has 1 aliphatic heterocycles. The van der Waals surface area contributed by atoms with Gasteiger partial charge in [0.2, 0.25) is 0 Å². The lowest BCUT2D eigenvalue weighted by molar-refractivity contribution is -0.141. The molecule has 0 bridgehead atoms. The average molecular weight is 516 g/mol. The zero-order valence-electron chi connectivity index (χ0n) is 18.9. The Morgan fingerprint density at radius 2 is 1.69 bits per heavy atom. The van der Waals surface area contributed by atoms with Crippen molar-refractivity contribution < 1.29 is 22.1 Å². The predicted molar refractivity (Wildman–Crippen MR) is 130 cm³/mol. The maximum Gasteiger partial charge on any atom is 0.433 e. The summed E-state index contributed by atoms with van der Waals surface area (Å²) >= 11 is 0. The van der Waals surface area contributed by atoms with Crippen molar-refractivity contribution in [3.8, 4) is 0 Å². The molecule has 1 aliphatic rings. The molecule has 5 rings (SSSR count). The summed E-state index contributed by atoms with van der Waals surface area (Å²) in [4.78, 5) is 17.4. The highest BCUT2D eigenvalue weighted by Gasteiger charge is 2.35. The number of halogens is 4. The van der Waals surface area contributed by atoms with E-state index in [9.17, 15) is 26.9 Å². The molecule has 4 aromatic rings. The van der Waals surface area contributed by atoms with Crippen LogP contribution in [0.4, 0.5) is 23.4 Å². The first-order chi connectivity index (χ1) is 17.1. The number of anilines is 1. The van der Waals surface area contributed by atoms with E-state index in [4.69, 9.17) is 0 Å². The number of rotatable bonds is 4. The first-order valence-corrected chi connectivity index (χ1v) is 13.3. The summed E-state index contributed by atoms with van der Waals surface area (Å²) in [5.41, 5.74) is -0.00345. The van der Waals surface area contributed by atoms with Gasteiger partial charge in [-0.2, -0.15) is 18.3 Å². The van der Waals surface area contributed by atoms with E-state index in [1.807, 2.05) is 0 Å². The van der Waals surface area contributed by atoms with E-state index in [0.717, 1.165) is 6.07 Å². The molecule has 0 saturated carbocycles. The highest BCUT2D eigenvalue weighted by molar-refractivity contribution is 7.71. The fourth-order valence-corrected chi connectivity index (χ4v) is 7.19. The van der Waals surface area contributed by atoms with Crippen LogP contribution >= 0.6 is 7.14 Å². The number of H-pyrrole nitrogens is 1. The van der Waals surface area contributed by atoms with Crippen molar-refractivity contribution in [2.75, 3.05) is 30.3 Å². The predicted octanol–water partition coefficient (Wildman–Crippen LogP) is 4.58. The standard InChI is InChI=1S/C25H21F4N4O2P/c26-19-9-8-16(14-20-17-4-1-2-5-18(17)24(34)32-31-20)15-21(19)36(35)12-10-33(11-13-36)23-7-3-6-22(30-23)25(27,28)29/h1-9,15H,10-14H2,(H,32,34). The molecule has 1 N–H and O–H groups in total. The Kier molecular flexibility index (Phi) is 6.16. The summed E-state index contributed by atoms with van der Waals surface area (Å²) in [7, 11) is -3.14. The molecule has 0 radical (unpaired) electrons. The number of alkyl halides is 3. The van der Waals surface area contributed by atoms with Gasteiger partial charge in [0, 0.05) is 42.5 Å². The zero-order valence-corrected chi connectivity index (χ0v) is 19.8. The molecule has 0 aliphatic carbocycles. The third-order valence-corrected chi connectivity index (χ3v) is 9.47. The van der Waals surface area contributed by atoms with Crippen molar-refractivity contribution in [2.45, 2.75) is 12.6 Å². The first kappa shape index (κ1) is 24.2. The van der Waals surface area contributed by atoms with Gasteiger partial charge in [0.25, 0.3) is 5.56 Å². The molecular weight excluding hydrogens is 495 g/mol. The third-order valence-electron chi connectivity index (χ3n) is 6.41. The van der Waals surface area contributed by atoms with Gasteiger partial charge >= 0.3 is 6.18 Å². The second-order valence-corrected chi connectivity index (χ2v) is 11.9. The Bertz CT molecular complexity index is 1540. The summed E-state index contributed by atoms with van der Waals surface area (Å²) in [6.45, 7) is 0.392. The molecule has 0 atom stereocenters. The lowest BCUT2D eigenvalue weighted by Crippen LogP contribution is -2.38. The molecule has 2 aromatic heterocycles. The van der Waals surface area contributed by atoms with Gasteiger partial charge in [0.1, 0.15) is 24.5 Å². The molecule has 0 unspecified atom stereocenters. The maximum absolute atomic E-state index is 14.9. The topological polar surface area (TPSA) is 79.0 Å². The molecule has 2 aromatic carbocycles. The van der Waals surface area contributed by atoms with Crippen LogP contribution in [0.3, 0.4) is 0 Å². The monoisotopic (exact) mass is 516 g/mol. The van der Waals surface area contributed by atoms with E-state index in [1.54, 1.807) is 41.3 Å². The third kappa shape index (κ3) is 4.65. The van der Waals surface area contributed by atoms with Crippen molar-refractivity contribution >= 4 is 29.0 Å². The Balaban J connectivity index is 1.38. The molecule has 1 fully saturated rings. The van der Waals surface area contributed by atoms with Crippen LogP contribution in [0.15, 0.2) is 65.5 Å². The second-order valence-electron chi connectivity index (χ2n) is 8.71. The lowest BCUT2D eigenvalue weighted by Gasteiger charge is -2.33. The number of aromatic nitrogens is 3. The van der Waals surface area contributed by atoms with Crippen LogP contribution < -0.4 is 15.8 Å². The largest absolute Gasteiger partial charge is 0.433 e. The van der Waals surface area contributed by atoms with Crippen LogP contribution in [0.5, 0.6) is 0 Å². The molecule has 11 heteroatoms. The van der Waals surface area contributed by atoms with Gasteiger partial charge in [0.05, 0.1) is 11.1 Å². The quantitative estimate of drug-likeness (QED) is 0.318. The van der Waals surface area contributed by atoms with E-state index in [1.165, 1.54) is 18.2 Å². The molecule has 0 amide bonds. The lowest BCUT2D eigenvalue weighted by atomic mass is 10.0. The summed E-state index contributed by atoms with van der Waals surface area (Å²) in [6, 6.07) is 15.2. The number of fused-ring (bicyclic) bond motifs is 1. The van der Waals surface area contributed by atoms with E-state index >= 15 is 0 Å². The summed E-state index contributed by atoms with van der Waals surface area (Å²) in [5.74, 6) is -0.423. The van der Waals surface area contributed by atoms with Gasteiger partial charge in [-0.25, -0.2) is 14.5 Å². The van der Waals surface area contributed by atoms with Gasteiger partial charge < -0.3 is 9.46 Å². The van der Waals surface area contributed by atoms with Crippen molar-refractivity contribution in [3.05, 3.63) is 93.8 Å². The molecule has 6 nitrogen and oxygen atoms in total. The average Bonchev–Trinajstić information content (AvgIpc) is 2.87. The van der Waals surface area contributed by atoms with Crippen LogP contribution in [0, 0.1) is 5.82 Å². The summed E-state index contributed by atoms with van der Waals surface area (Å²) < 4.78 is 67.8. The Hall–Kier alpha value is -3.52. The number of nitrogens with zero attached hydrogens (tertiary/aromatic N) is 3. The highest BCUT2D eigenvalue weighted by atomic mass is 31.2. The van der Waals surface area contributed by atoms with Gasteiger partial charge in [-0.05, 0) is 35.9 Å². The van der Waals surface area contributed by atoms with Gasteiger partial charge in [-0.1, -0.05) is 30.3 Å². The minimum atomic E-state index is -4.56. The zero-order chi connectivity index (χ0) is 25.5. The van der Waals surface area contributed by atoms with E-state index < -0.39 is 24.8 Å². The normalized spacial score (nSPS) is 15.8. The number of benzene rings is 2. The number of hydrogen-bond acceptors (Lipinski definition) is 5. The molecule has 0 spiro atoms. The van der Waals surface area contributed by atoms with Crippen molar-refractivity contribution in [1.29, 1.82) is 0 Å². The van der Waals surface area contributed by atoms with Crippen molar-refractivity contribution in [2.24, 2.45) is 0 Å². The Morgan fingerprint density at radius 3 is 2.42 bits per heavy atom. The van der Waals surface area contributed by atoms with Crippen LogP contribution in [0.25, 0.3) is 10.8 Å². The Morgan fingerprint density at radius 1 is 0.972 bits per heavy atom. The SMILES string of the molecule is O=c1[nH]nc(Cc2ccc(F)c(P3(=O)CCN(c4cccc(C(F)(F)F)n4)CC3)c2)c2ccccc12. The van der Waals surface area contributed by atoms with Crippen molar-refractivity contribution in [3.63, 3.8) is 0 Å². The van der Waals surface area contributed by atoms with Gasteiger partial charge in [-0.3, -0.25) is 4.79 Å². The smallest absolute Gasteiger partial charge is 0.356 e. The van der Waals surface area contributed by atoms with Crippen LogP contribution in [0.2, 0.25) is 0 Å². The van der Waals surface area contributed by atoms with Crippen LogP contribution in [0.1, 0.15) is 17.0 Å². The van der Waals surface area contributed by atoms with Crippen LogP contribution in [-0.4, -0.2) is 40.6 Å². The molecule has 3 heterocycles. The highest BCUT2D eigenvalue weighted by Crippen LogP contribution is 2.47. The van der Waals surface area contributed by atoms with E-state index in [0.29, 0.717) is 28.5 Å². The van der Waals surface area contributed by atoms with Crippen molar-refractivity contribution in [1.82, 2.24) is 15.2 Å². The van der Waals surface area contributed by atoms with Gasteiger partial charge in [-0.15, -0.1) is 0 Å². The van der Waals surface area contributed by atoms with E-state index in [2.05, 4.69) is 15.2 Å². The molecule has 186 valence electrons. The second kappa shape index (κ2) is 9.17. The van der Waals surface area contributed by atoms with Crippen LogP contribution in [-0.2, 0) is 17.2 Å². The minimum absolute atomic E-state index is 0.116. The Labute approximate surface area is 203 Å². The fourth-order valence-electron chi connectivity index (χ4n) is 4.50. The maximum atomic E-state index is 14.9. The summed E-state index contributed by atoms with van der Waals surface area (Å²) in [6.07, 6.45) is -4.03.